The van der Waals surface area contributed by atoms with Gasteiger partial charge in [0.1, 0.15) is 5.82 Å². The lowest BCUT2D eigenvalue weighted by Crippen LogP contribution is -2.14. The summed E-state index contributed by atoms with van der Waals surface area (Å²) in [6.07, 6.45) is -4.36. The Morgan fingerprint density at radius 1 is 1.23 bits per heavy atom. The Balaban J connectivity index is 2.25. The first kappa shape index (κ1) is 15.0. The van der Waals surface area contributed by atoms with Crippen molar-refractivity contribution in [3.8, 4) is 11.1 Å². The number of halogens is 5. The number of benzene rings is 2. The third kappa shape index (κ3) is 2.20. The Bertz CT molecular complexity index is 814. The van der Waals surface area contributed by atoms with Crippen LogP contribution in [0.15, 0.2) is 28.7 Å². The molecule has 3 rings (SSSR count). The first-order chi connectivity index (χ1) is 10.2. The van der Waals surface area contributed by atoms with Gasteiger partial charge in [-0.2, -0.15) is 13.2 Å². The molecule has 0 spiro atoms. The van der Waals surface area contributed by atoms with E-state index in [4.69, 9.17) is 5.73 Å². The number of hydrogen-bond acceptors (Lipinski definition) is 1. The van der Waals surface area contributed by atoms with E-state index in [1.165, 1.54) is 6.07 Å². The lowest BCUT2D eigenvalue weighted by Gasteiger charge is -2.10. The zero-order valence-corrected chi connectivity index (χ0v) is 12.5. The van der Waals surface area contributed by atoms with Crippen LogP contribution in [0.3, 0.4) is 0 Å². The van der Waals surface area contributed by atoms with Crippen molar-refractivity contribution in [2.75, 3.05) is 0 Å². The van der Waals surface area contributed by atoms with Crippen LogP contribution in [0.4, 0.5) is 17.6 Å². The number of fused-ring (bicyclic) bond motifs is 3. The second kappa shape index (κ2) is 4.81. The van der Waals surface area contributed by atoms with Crippen molar-refractivity contribution in [2.45, 2.75) is 12.6 Å². The third-order valence-electron chi connectivity index (χ3n) is 3.66. The summed E-state index contributed by atoms with van der Waals surface area (Å²) in [7, 11) is 0. The lowest BCUT2D eigenvalue weighted by atomic mass is 10.0. The Kier molecular flexibility index (Phi) is 3.28. The zero-order valence-electron chi connectivity index (χ0n) is 10.9. The highest BCUT2D eigenvalue weighted by atomic mass is 79.9. The van der Waals surface area contributed by atoms with Gasteiger partial charge >= 0.3 is 6.18 Å². The molecule has 1 amide bonds. The molecule has 22 heavy (non-hydrogen) atoms. The molecule has 0 heterocycles. The fraction of sp³-hybridized carbons (Fsp3) is 0.133. The Morgan fingerprint density at radius 3 is 2.50 bits per heavy atom. The minimum atomic E-state index is -4.46. The van der Waals surface area contributed by atoms with Crippen LogP contribution in [0.5, 0.6) is 0 Å². The number of nitrogens with two attached hydrogens (primary N) is 1. The van der Waals surface area contributed by atoms with Crippen LogP contribution in [0, 0.1) is 5.82 Å². The summed E-state index contributed by atoms with van der Waals surface area (Å²) in [4.78, 5) is 11.5. The van der Waals surface area contributed by atoms with Crippen molar-refractivity contribution in [1.82, 2.24) is 0 Å². The Labute approximate surface area is 131 Å². The summed E-state index contributed by atoms with van der Waals surface area (Å²) < 4.78 is 52.4. The highest BCUT2D eigenvalue weighted by molar-refractivity contribution is 9.10. The van der Waals surface area contributed by atoms with E-state index in [1.807, 2.05) is 0 Å². The number of carbonyl (C=O) groups is 1. The first-order valence-corrected chi connectivity index (χ1v) is 7.00. The molecule has 0 saturated carbocycles. The maximum atomic E-state index is 13.9. The van der Waals surface area contributed by atoms with Gasteiger partial charge in [0.25, 0.3) is 0 Å². The molecular weight excluding hydrogens is 366 g/mol. The minimum absolute atomic E-state index is 0.0135. The van der Waals surface area contributed by atoms with Crippen LogP contribution >= 0.6 is 15.9 Å². The van der Waals surface area contributed by atoms with Gasteiger partial charge in [-0.15, -0.1) is 0 Å². The number of alkyl halides is 3. The van der Waals surface area contributed by atoms with E-state index in [9.17, 15) is 22.4 Å². The van der Waals surface area contributed by atoms with Crippen molar-refractivity contribution < 1.29 is 22.4 Å². The first-order valence-electron chi connectivity index (χ1n) is 6.21. The van der Waals surface area contributed by atoms with Gasteiger partial charge in [0.2, 0.25) is 5.91 Å². The molecule has 0 unspecified atom stereocenters. The number of carbonyl (C=O) groups excluding carboxylic acids is 1. The summed E-state index contributed by atoms with van der Waals surface area (Å²) in [5, 5.41) is 0. The van der Waals surface area contributed by atoms with Crippen LogP contribution in [0.1, 0.15) is 27.0 Å². The van der Waals surface area contributed by atoms with Crippen LogP contribution < -0.4 is 5.73 Å². The normalized spacial score (nSPS) is 13.0. The minimum Gasteiger partial charge on any atom is -0.366 e. The summed E-state index contributed by atoms with van der Waals surface area (Å²) >= 11 is 3.09. The number of amides is 1. The van der Waals surface area contributed by atoms with Gasteiger partial charge in [-0.25, -0.2) is 4.39 Å². The van der Waals surface area contributed by atoms with Gasteiger partial charge in [-0.05, 0) is 57.2 Å². The number of rotatable bonds is 1. The summed E-state index contributed by atoms with van der Waals surface area (Å²) in [5.41, 5.74) is 6.13. The largest absolute Gasteiger partial charge is 0.416 e. The molecule has 2 aromatic rings. The maximum Gasteiger partial charge on any atom is 0.416 e. The van der Waals surface area contributed by atoms with E-state index in [-0.39, 0.29) is 16.5 Å². The van der Waals surface area contributed by atoms with Crippen LogP contribution in [0.2, 0.25) is 0 Å². The molecule has 2 N–H and O–H groups in total. The van der Waals surface area contributed by atoms with Crippen molar-refractivity contribution >= 4 is 21.8 Å². The molecule has 0 aromatic heterocycles. The standard InChI is InChI=1S/C15H8BrF4NO/c16-13-11(17)5-10(14(21)22)9-4-6-3-7(15(18,19)20)1-2-8(6)12(9)13/h1-3,5H,4H2,(H2,21,22). The van der Waals surface area contributed by atoms with Gasteiger partial charge in [0, 0.05) is 11.1 Å². The fourth-order valence-corrected chi connectivity index (χ4v) is 3.27. The van der Waals surface area contributed by atoms with Gasteiger partial charge < -0.3 is 5.73 Å². The highest BCUT2D eigenvalue weighted by Gasteiger charge is 2.34. The Hall–Kier alpha value is -1.89. The van der Waals surface area contributed by atoms with Crippen molar-refractivity contribution in [3.05, 3.63) is 56.8 Å². The van der Waals surface area contributed by atoms with E-state index in [2.05, 4.69) is 15.9 Å². The average Bonchev–Trinajstić information content (AvgIpc) is 2.79. The van der Waals surface area contributed by atoms with E-state index in [0.717, 1.165) is 18.2 Å². The molecule has 0 atom stereocenters. The highest BCUT2D eigenvalue weighted by Crippen LogP contribution is 2.45. The molecular formula is C15H8BrF4NO. The molecule has 0 radical (unpaired) electrons. The summed E-state index contributed by atoms with van der Waals surface area (Å²) in [5.74, 6) is -1.49. The Morgan fingerprint density at radius 2 is 1.91 bits per heavy atom. The zero-order chi connectivity index (χ0) is 16.2. The molecule has 0 fully saturated rings. The van der Waals surface area contributed by atoms with Crippen molar-refractivity contribution in [3.63, 3.8) is 0 Å². The van der Waals surface area contributed by atoms with Gasteiger partial charge in [0.05, 0.1) is 10.0 Å². The predicted molar refractivity (Wildman–Crippen MR) is 75.9 cm³/mol. The van der Waals surface area contributed by atoms with E-state index < -0.39 is 23.5 Å². The van der Waals surface area contributed by atoms with E-state index in [0.29, 0.717) is 22.3 Å². The molecule has 114 valence electrons. The topological polar surface area (TPSA) is 43.1 Å². The van der Waals surface area contributed by atoms with Crippen molar-refractivity contribution in [1.29, 1.82) is 0 Å². The fourth-order valence-electron chi connectivity index (χ4n) is 2.70. The van der Waals surface area contributed by atoms with Crippen LogP contribution in [0.25, 0.3) is 11.1 Å². The van der Waals surface area contributed by atoms with Gasteiger partial charge in [0.15, 0.2) is 0 Å². The smallest absolute Gasteiger partial charge is 0.366 e. The molecule has 1 aliphatic rings. The second-order valence-electron chi connectivity index (χ2n) is 4.98. The molecule has 0 saturated heterocycles. The summed E-state index contributed by atoms with van der Waals surface area (Å²) in [6.45, 7) is 0. The predicted octanol–water partition coefficient (Wildman–Crippen LogP) is 4.28. The monoisotopic (exact) mass is 373 g/mol. The lowest BCUT2D eigenvalue weighted by molar-refractivity contribution is -0.137. The quantitative estimate of drug-likeness (QED) is 0.635. The molecule has 0 bridgehead atoms. The molecule has 2 aromatic carbocycles. The molecule has 1 aliphatic carbocycles. The SMILES string of the molecule is NC(=O)c1cc(F)c(Br)c2c1Cc1cc(C(F)(F)F)ccc1-2. The number of primary amides is 1. The van der Waals surface area contributed by atoms with E-state index in [1.54, 1.807) is 0 Å². The maximum absolute atomic E-state index is 13.9. The van der Waals surface area contributed by atoms with Crippen LogP contribution in [-0.2, 0) is 12.6 Å². The van der Waals surface area contributed by atoms with Crippen LogP contribution in [-0.4, -0.2) is 5.91 Å². The van der Waals surface area contributed by atoms with E-state index >= 15 is 0 Å². The van der Waals surface area contributed by atoms with Gasteiger partial charge in [-0.1, -0.05) is 6.07 Å². The molecule has 0 aliphatic heterocycles. The third-order valence-corrected chi connectivity index (χ3v) is 4.44. The number of hydrogen-bond donors (Lipinski definition) is 1. The molecule has 7 heteroatoms. The van der Waals surface area contributed by atoms with Gasteiger partial charge in [-0.3, -0.25) is 4.79 Å². The van der Waals surface area contributed by atoms with Crippen molar-refractivity contribution in [2.24, 2.45) is 5.73 Å². The average molecular weight is 374 g/mol. The molecule has 2 nitrogen and oxygen atoms in total. The second-order valence-corrected chi connectivity index (χ2v) is 5.78. The summed E-state index contributed by atoms with van der Waals surface area (Å²) in [6, 6.07) is 4.25.